The molecule has 7 heteroatoms. The normalized spacial score (nSPS) is 18.8. The molecule has 1 fully saturated rings. The number of hydrogen-bond donors (Lipinski definition) is 1. The third-order valence-corrected chi connectivity index (χ3v) is 5.47. The number of ether oxygens (including phenoxy) is 1. The van der Waals surface area contributed by atoms with Gasteiger partial charge in [0.25, 0.3) is 0 Å². The van der Waals surface area contributed by atoms with Crippen LogP contribution in [0.3, 0.4) is 0 Å². The van der Waals surface area contributed by atoms with Gasteiger partial charge in [-0.1, -0.05) is 22.9 Å². The van der Waals surface area contributed by atoms with Gasteiger partial charge in [0.05, 0.1) is 6.61 Å². The number of halogens is 2. The number of benzene rings is 1. The van der Waals surface area contributed by atoms with Gasteiger partial charge in [-0.2, -0.15) is 0 Å². The highest BCUT2D eigenvalue weighted by molar-refractivity contribution is 14.0. The summed E-state index contributed by atoms with van der Waals surface area (Å²) >= 11 is 5.34. The van der Waals surface area contributed by atoms with Crippen molar-refractivity contribution in [3.05, 3.63) is 28.7 Å². The molecule has 1 aromatic carbocycles. The lowest BCUT2D eigenvalue weighted by molar-refractivity contribution is 0.181. The molecule has 0 aromatic heterocycles. The largest absolute Gasteiger partial charge is 0.381 e. The minimum atomic E-state index is 0. The highest BCUT2D eigenvalue weighted by Crippen LogP contribution is 2.24. The summed E-state index contributed by atoms with van der Waals surface area (Å²) in [6, 6.07) is 8.45. The lowest BCUT2D eigenvalue weighted by atomic mass is 10.1. The van der Waals surface area contributed by atoms with Crippen molar-refractivity contribution in [2.45, 2.75) is 23.5 Å². The van der Waals surface area contributed by atoms with Crippen molar-refractivity contribution in [1.29, 1.82) is 0 Å². The van der Waals surface area contributed by atoms with Crippen LogP contribution in [0, 0.1) is 5.92 Å². The van der Waals surface area contributed by atoms with Crippen LogP contribution in [0.4, 0.5) is 0 Å². The Morgan fingerprint density at radius 1 is 1.46 bits per heavy atom. The summed E-state index contributed by atoms with van der Waals surface area (Å²) < 4.78 is 6.57. The van der Waals surface area contributed by atoms with Crippen LogP contribution in [0.1, 0.15) is 13.3 Å². The van der Waals surface area contributed by atoms with Crippen LogP contribution in [-0.4, -0.2) is 56.5 Å². The molecule has 1 aromatic rings. The summed E-state index contributed by atoms with van der Waals surface area (Å²) in [6.45, 7) is 5.88. The molecule has 2 atom stereocenters. The standard InChI is InChI=1S/C17H26BrN3OS.HI/c1-13(23-16-6-4-15(18)5-7-16)10-20-17(19-2)21(3)11-14-8-9-22-12-14;/h4-7,13-14H,8-12H2,1-3H3,(H,19,20);1H. The van der Waals surface area contributed by atoms with Gasteiger partial charge in [0, 0.05) is 54.3 Å². The zero-order chi connectivity index (χ0) is 16.7. The average Bonchev–Trinajstić information content (AvgIpc) is 3.03. The third kappa shape index (κ3) is 7.49. The smallest absolute Gasteiger partial charge is 0.193 e. The van der Waals surface area contributed by atoms with Gasteiger partial charge in [0.15, 0.2) is 5.96 Å². The minimum Gasteiger partial charge on any atom is -0.381 e. The fraction of sp³-hybridized carbons (Fsp3) is 0.588. The fourth-order valence-electron chi connectivity index (χ4n) is 2.61. The molecule has 2 rings (SSSR count). The molecule has 2 unspecified atom stereocenters. The first kappa shape index (κ1) is 22.1. The van der Waals surface area contributed by atoms with Crippen LogP contribution < -0.4 is 5.32 Å². The van der Waals surface area contributed by atoms with Crippen molar-refractivity contribution < 1.29 is 4.74 Å². The van der Waals surface area contributed by atoms with E-state index in [0.29, 0.717) is 11.2 Å². The van der Waals surface area contributed by atoms with Crippen LogP contribution in [-0.2, 0) is 4.74 Å². The van der Waals surface area contributed by atoms with Gasteiger partial charge in [-0.3, -0.25) is 4.99 Å². The molecule has 0 spiro atoms. The van der Waals surface area contributed by atoms with Gasteiger partial charge in [0.2, 0.25) is 0 Å². The molecule has 0 bridgehead atoms. The van der Waals surface area contributed by atoms with Crippen molar-refractivity contribution in [3.8, 4) is 0 Å². The second kappa shape index (κ2) is 11.6. The zero-order valence-corrected chi connectivity index (χ0v) is 19.2. The number of hydrogen-bond acceptors (Lipinski definition) is 3. The molecule has 24 heavy (non-hydrogen) atoms. The van der Waals surface area contributed by atoms with E-state index in [2.05, 4.69) is 69.4 Å². The molecular weight excluding hydrogens is 501 g/mol. The van der Waals surface area contributed by atoms with E-state index < -0.39 is 0 Å². The van der Waals surface area contributed by atoms with Gasteiger partial charge in [-0.25, -0.2) is 0 Å². The summed E-state index contributed by atoms with van der Waals surface area (Å²) in [5.41, 5.74) is 0. The lowest BCUT2D eigenvalue weighted by Crippen LogP contribution is -2.43. The Morgan fingerprint density at radius 2 is 2.17 bits per heavy atom. The predicted molar refractivity (Wildman–Crippen MR) is 118 cm³/mol. The summed E-state index contributed by atoms with van der Waals surface area (Å²) in [6.07, 6.45) is 1.15. The summed E-state index contributed by atoms with van der Waals surface area (Å²) in [5.74, 6) is 1.58. The number of nitrogens with zero attached hydrogens (tertiary/aromatic N) is 2. The monoisotopic (exact) mass is 527 g/mol. The SMILES string of the molecule is CN=C(NCC(C)Sc1ccc(Br)cc1)N(C)CC1CCOC1.I. The molecule has 1 heterocycles. The predicted octanol–water partition coefficient (Wildman–Crippen LogP) is 4.09. The first-order valence-electron chi connectivity index (χ1n) is 8.00. The number of aliphatic imine (C=N–C) groups is 1. The first-order chi connectivity index (χ1) is 11.1. The van der Waals surface area contributed by atoms with E-state index in [9.17, 15) is 0 Å². The Hall–Kier alpha value is 0.01000. The van der Waals surface area contributed by atoms with E-state index in [4.69, 9.17) is 4.74 Å². The second-order valence-corrected chi connectivity index (χ2v) is 8.35. The van der Waals surface area contributed by atoms with E-state index in [-0.39, 0.29) is 24.0 Å². The van der Waals surface area contributed by atoms with E-state index in [0.717, 1.165) is 43.2 Å². The maximum absolute atomic E-state index is 5.45. The van der Waals surface area contributed by atoms with Gasteiger partial charge in [-0.15, -0.1) is 35.7 Å². The second-order valence-electron chi connectivity index (χ2n) is 5.92. The zero-order valence-electron chi connectivity index (χ0n) is 14.5. The maximum atomic E-state index is 5.45. The van der Waals surface area contributed by atoms with E-state index in [1.807, 2.05) is 18.8 Å². The summed E-state index contributed by atoms with van der Waals surface area (Å²) in [5, 5.41) is 3.95. The maximum Gasteiger partial charge on any atom is 0.193 e. The minimum absolute atomic E-state index is 0. The molecule has 1 N–H and O–H groups in total. The summed E-state index contributed by atoms with van der Waals surface area (Å²) in [7, 11) is 3.94. The molecule has 1 saturated heterocycles. The lowest BCUT2D eigenvalue weighted by Gasteiger charge is -2.25. The molecule has 0 radical (unpaired) electrons. The Morgan fingerprint density at radius 3 is 2.75 bits per heavy atom. The molecule has 0 saturated carbocycles. The number of rotatable bonds is 6. The Balaban J connectivity index is 0.00000288. The molecule has 136 valence electrons. The van der Waals surface area contributed by atoms with Crippen molar-refractivity contribution >= 4 is 57.6 Å². The molecule has 1 aliphatic heterocycles. The van der Waals surface area contributed by atoms with Crippen LogP contribution >= 0.6 is 51.7 Å². The third-order valence-electron chi connectivity index (χ3n) is 3.83. The molecule has 0 aliphatic carbocycles. The van der Waals surface area contributed by atoms with Crippen LogP contribution in [0.15, 0.2) is 38.6 Å². The fourth-order valence-corrected chi connectivity index (χ4v) is 3.80. The Bertz CT molecular complexity index is 509. The number of nitrogens with one attached hydrogen (secondary N) is 1. The Labute approximate surface area is 175 Å². The molecule has 1 aliphatic rings. The number of thioether (sulfide) groups is 1. The van der Waals surface area contributed by atoms with E-state index in [1.54, 1.807) is 0 Å². The summed E-state index contributed by atoms with van der Waals surface area (Å²) in [4.78, 5) is 7.89. The van der Waals surface area contributed by atoms with Gasteiger partial charge >= 0.3 is 0 Å². The van der Waals surface area contributed by atoms with Gasteiger partial charge in [-0.05, 0) is 30.7 Å². The van der Waals surface area contributed by atoms with E-state index in [1.165, 1.54) is 4.90 Å². The van der Waals surface area contributed by atoms with Crippen molar-refractivity contribution in [2.75, 3.05) is 40.4 Å². The van der Waals surface area contributed by atoms with Crippen molar-refractivity contribution in [3.63, 3.8) is 0 Å². The Kier molecular flexibility index (Phi) is 10.7. The van der Waals surface area contributed by atoms with Gasteiger partial charge < -0.3 is 15.0 Å². The average molecular weight is 528 g/mol. The highest BCUT2D eigenvalue weighted by atomic mass is 127. The van der Waals surface area contributed by atoms with Crippen molar-refractivity contribution in [2.24, 2.45) is 10.9 Å². The van der Waals surface area contributed by atoms with E-state index >= 15 is 0 Å². The van der Waals surface area contributed by atoms with Crippen LogP contribution in [0.5, 0.6) is 0 Å². The quantitative estimate of drug-likeness (QED) is 0.261. The van der Waals surface area contributed by atoms with Gasteiger partial charge in [0.1, 0.15) is 0 Å². The number of guanidine groups is 1. The van der Waals surface area contributed by atoms with Crippen LogP contribution in [0.2, 0.25) is 0 Å². The first-order valence-corrected chi connectivity index (χ1v) is 9.67. The van der Waals surface area contributed by atoms with Crippen molar-refractivity contribution in [1.82, 2.24) is 10.2 Å². The highest BCUT2D eigenvalue weighted by Gasteiger charge is 2.19. The molecular formula is C17H27BrIN3OS. The molecule has 0 amide bonds. The topological polar surface area (TPSA) is 36.9 Å². The molecule has 4 nitrogen and oxygen atoms in total. The van der Waals surface area contributed by atoms with Crippen LogP contribution in [0.25, 0.3) is 0 Å².